The summed E-state index contributed by atoms with van der Waals surface area (Å²) in [5, 5.41) is 27.7. The molecule has 4 atom stereocenters. The van der Waals surface area contributed by atoms with E-state index in [9.17, 15) is 5.11 Å². The molecule has 0 unspecified atom stereocenters. The van der Waals surface area contributed by atoms with Crippen molar-refractivity contribution in [3.63, 3.8) is 0 Å². The number of rotatable bonds is 1. The van der Waals surface area contributed by atoms with Gasteiger partial charge in [-0.15, -0.1) is 0 Å². The number of ether oxygens (including phenoxy) is 1. The summed E-state index contributed by atoms with van der Waals surface area (Å²) in [6, 6.07) is 0. The van der Waals surface area contributed by atoms with Gasteiger partial charge in [-0.25, -0.2) is 0 Å². The minimum absolute atomic E-state index is 0.155. The third-order valence-electron chi connectivity index (χ3n) is 1.94. The van der Waals surface area contributed by atoms with Crippen LogP contribution >= 0.6 is 0 Å². The van der Waals surface area contributed by atoms with Crippen molar-refractivity contribution in [2.45, 2.75) is 44.4 Å². The highest BCUT2D eigenvalue weighted by Crippen LogP contribution is 2.30. The Hall–Kier alpha value is -0.160. The van der Waals surface area contributed by atoms with Crippen molar-refractivity contribution >= 4 is 0 Å². The molecule has 0 radical (unpaired) electrons. The first-order valence-electron chi connectivity index (χ1n) is 3.67. The zero-order valence-corrected chi connectivity index (χ0v) is 6.69. The van der Waals surface area contributed by atoms with E-state index in [2.05, 4.69) is 0 Å². The highest BCUT2D eigenvalue weighted by atomic mass is 16.6. The lowest BCUT2D eigenvalue weighted by Gasteiger charge is -2.25. The van der Waals surface area contributed by atoms with Crippen molar-refractivity contribution in [2.24, 2.45) is 0 Å². The average molecular weight is 162 g/mol. The van der Waals surface area contributed by atoms with Crippen LogP contribution in [0.2, 0.25) is 0 Å². The Morgan fingerprint density at radius 1 is 1.64 bits per heavy atom. The zero-order valence-electron chi connectivity index (χ0n) is 6.69. The lowest BCUT2D eigenvalue weighted by molar-refractivity contribution is -0.138. The maximum absolute atomic E-state index is 9.55. The molecule has 0 bridgehead atoms. The fourth-order valence-corrected chi connectivity index (χ4v) is 1.47. The first kappa shape index (κ1) is 8.93. The minimum Gasteiger partial charge on any atom is -0.391 e. The molecule has 1 aliphatic heterocycles. The Morgan fingerprint density at radius 3 is 2.36 bits per heavy atom. The summed E-state index contributed by atoms with van der Waals surface area (Å²) in [6.45, 7) is 3.07. The number of aliphatic hydroxyl groups is 3. The molecular weight excluding hydrogens is 148 g/mol. The number of hydrogen-bond donors (Lipinski definition) is 3. The van der Waals surface area contributed by atoms with Gasteiger partial charge in [0.2, 0.25) is 0 Å². The molecule has 0 aromatic rings. The van der Waals surface area contributed by atoms with E-state index < -0.39 is 24.1 Å². The van der Waals surface area contributed by atoms with E-state index >= 15 is 0 Å². The second kappa shape index (κ2) is 2.71. The second-order valence-electron chi connectivity index (χ2n) is 3.31. The van der Waals surface area contributed by atoms with E-state index in [1.54, 1.807) is 6.92 Å². The molecule has 1 aliphatic rings. The Balaban J connectivity index is 2.66. The van der Waals surface area contributed by atoms with Crippen LogP contribution < -0.4 is 0 Å². The van der Waals surface area contributed by atoms with Gasteiger partial charge in [0.05, 0.1) is 11.7 Å². The fourth-order valence-electron chi connectivity index (χ4n) is 1.47. The zero-order chi connectivity index (χ0) is 8.65. The summed E-state index contributed by atoms with van der Waals surface area (Å²) in [7, 11) is 0. The van der Waals surface area contributed by atoms with Crippen molar-refractivity contribution < 1.29 is 20.1 Å². The van der Waals surface area contributed by atoms with Crippen LogP contribution in [-0.2, 0) is 4.74 Å². The molecular formula is C7H14O4. The molecule has 1 rings (SSSR count). The van der Waals surface area contributed by atoms with Gasteiger partial charge >= 0.3 is 0 Å². The first-order chi connectivity index (χ1) is 4.93. The normalized spacial score (nSPS) is 47.7. The molecule has 0 amide bonds. The van der Waals surface area contributed by atoms with Gasteiger partial charge in [-0.05, 0) is 13.8 Å². The molecule has 0 aliphatic carbocycles. The molecule has 0 saturated carbocycles. The third kappa shape index (κ3) is 1.70. The molecule has 0 spiro atoms. The summed E-state index contributed by atoms with van der Waals surface area (Å²) in [6.07, 6.45) is -2.24. The maximum atomic E-state index is 9.55. The summed E-state index contributed by atoms with van der Waals surface area (Å²) < 4.78 is 4.89. The van der Waals surface area contributed by atoms with E-state index in [1.165, 1.54) is 6.92 Å². The fraction of sp³-hybridized carbons (Fsp3) is 1.00. The lowest BCUT2D eigenvalue weighted by atomic mass is 9.95. The number of aliphatic hydroxyl groups excluding tert-OH is 2. The van der Waals surface area contributed by atoms with Crippen molar-refractivity contribution in [1.29, 1.82) is 0 Å². The van der Waals surface area contributed by atoms with Gasteiger partial charge in [0, 0.05) is 6.42 Å². The Bertz CT molecular complexity index is 143. The van der Waals surface area contributed by atoms with Gasteiger partial charge < -0.3 is 20.1 Å². The SMILES string of the molecule is C[C@@H](O)[C@H]1O[C@@H](O)C[C@]1(C)O. The summed E-state index contributed by atoms with van der Waals surface area (Å²) >= 11 is 0. The van der Waals surface area contributed by atoms with E-state index in [4.69, 9.17) is 14.9 Å². The van der Waals surface area contributed by atoms with Crippen LogP contribution in [-0.4, -0.2) is 39.4 Å². The van der Waals surface area contributed by atoms with Gasteiger partial charge in [0.15, 0.2) is 6.29 Å². The lowest BCUT2D eigenvalue weighted by Crippen LogP contribution is -2.41. The molecule has 4 nitrogen and oxygen atoms in total. The van der Waals surface area contributed by atoms with E-state index in [-0.39, 0.29) is 6.42 Å². The number of hydrogen-bond acceptors (Lipinski definition) is 4. The molecule has 0 aromatic carbocycles. The van der Waals surface area contributed by atoms with Crippen LogP contribution in [0.15, 0.2) is 0 Å². The molecule has 3 N–H and O–H groups in total. The smallest absolute Gasteiger partial charge is 0.158 e. The maximum Gasteiger partial charge on any atom is 0.158 e. The van der Waals surface area contributed by atoms with Crippen LogP contribution in [0.4, 0.5) is 0 Å². The quantitative estimate of drug-likeness (QED) is 0.473. The van der Waals surface area contributed by atoms with Gasteiger partial charge in [-0.2, -0.15) is 0 Å². The van der Waals surface area contributed by atoms with Crippen LogP contribution in [0.3, 0.4) is 0 Å². The van der Waals surface area contributed by atoms with Crippen molar-refractivity contribution in [1.82, 2.24) is 0 Å². The first-order valence-corrected chi connectivity index (χ1v) is 3.67. The van der Waals surface area contributed by atoms with Crippen molar-refractivity contribution in [3.8, 4) is 0 Å². The Labute approximate surface area is 65.4 Å². The van der Waals surface area contributed by atoms with E-state index in [0.717, 1.165) is 0 Å². The topological polar surface area (TPSA) is 69.9 Å². The molecule has 11 heavy (non-hydrogen) atoms. The van der Waals surface area contributed by atoms with Crippen LogP contribution in [0, 0.1) is 0 Å². The van der Waals surface area contributed by atoms with Gasteiger partial charge in [0.1, 0.15) is 6.10 Å². The summed E-state index contributed by atoms with van der Waals surface area (Å²) in [5.41, 5.74) is -1.12. The predicted molar refractivity (Wildman–Crippen MR) is 37.8 cm³/mol. The van der Waals surface area contributed by atoms with Crippen LogP contribution in [0.1, 0.15) is 20.3 Å². The van der Waals surface area contributed by atoms with Crippen LogP contribution in [0.25, 0.3) is 0 Å². The van der Waals surface area contributed by atoms with Crippen molar-refractivity contribution in [3.05, 3.63) is 0 Å². The molecule has 1 saturated heterocycles. The molecule has 66 valence electrons. The molecule has 1 heterocycles. The van der Waals surface area contributed by atoms with Gasteiger partial charge in [-0.1, -0.05) is 0 Å². The Morgan fingerprint density at radius 2 is 2.18 bits per heavy atom. The largest absolute Gasteiger partial charge is 0.391 e. The monoisotopic (exact) mass is 162 g/mol. The van der Waals surface area contributed by atoms with E-state index in [1.807, 2.05) is 0 Å². The predicted octanol–water partition coefficient (Wildman–Crippen LogP) is -0.774. The summed E-state index contributed by atoms with van der Waals surface area (Å²) in [4.78, 5) is 0. The standard InChI is InChI=1S/C7H14O4/c1-4(8)6-7(2,10)3-5(9)11-6/h4-6,8-10H,3H2,1-2H3/t4-,5-,6-,7+/m1/s1. The average Bonchev–Trinajstić information content (AvgIpc) is 2.04. The highest BCUT2D eigenvalue weighted by Gasteiger charge is 2.45. The molecule has 4 heteroatoms. The van der Waals surface area contributed by atoms with E-state index in [0.29, 0.717) is 0 Å². The minimum atomic E-state index is -1.12. The van der Waals surface area contributed by atoms with Crippen molar-refractivity contribution in [2.75, 3.05) is 0 Å². The van der Waals surface area contributed by atoms with Gasteiger partial charge in [-0.3, -0.25) is 0 Å². The summed E-state index contributed by atoms with van der Waals surface area (Å²) in [5.74, 6) is 0. The molecule has 1 fully saturated rings. The Kier molecular flexibility index (Phi) is 2.20. The second-order valence-corrected chi connectivity index (χ2v) is 3.31. The van der Waals surface area contributed by atoms with Gasteiger partial charge in [0.25, 0.3) is 0 Å². The molecule has 0 aromatic heterocycles. The van der Waals surface area contributed by atoms with Crippen LogP contribution in [0.5, 0.6) is 0 Å². The third-order valence-corrected chi connectivity index (χ3v) is 1.94. The highest BCUT2D eigenvalue weighted by molar-refractivity contribution is 4.92.